The number of aliphatic hydroxyl groups is 1. The summed E-state index contributed by atoms with van der Waals surface area (Å²) in [6.45, 7) is 6.26. The summed E-state index contributed by atoms with van der Waals surface area (Å²) in [5.41, 5.74) is -0.182. The van der Waals surface area contributed by atoms with Crippen molar-refractivity contribution in [3.05, 3.63) is 0 Å². The van der Waals surface area contributed by atoms with Crippen LogP contribution in [0.3, 0.4) is 0 Å². The van der Waals surface area contributed by atoms with Crippen LogP contribution in [0.4, 0.5) is 0 Å². The Balaban J connectivity index is 2.20. The lowest BCUT2D eigenvalue weighted by Gasteiger charge is -2.52. The summed E-state index contributed by atoms with van der Waals surface area (Å²) in [6, 6.07) is 0. The monoisotopic (exact) mass is 272 g/mol. The van der Waals surface area contributed by atoms with Gasteiger partial charge < -0.3 is 19.3 Å². The van der Waals surface area contributed by atoms with Gasteiger partial charge in [-0.2, -0.15) is 0 Å². The molecule has 1 aliphatic carbocycles. The van der Waals surface area contributed by atoms with E-state index in [0.29, 0.717) is 0 Å². The minimum Gasteiger partial charge on any atom is -0.394 e. The summed E-state index contributed by atoms with van der Waals surface area (Å²) >= 11 is 0. The number of hydrogen-bond acceptors (Lipinski definition) is 4. The zero-order valence-corrected chi connectivity index (χ0v) is 12.6. The second-order valence-corrected chi connectivity index (χ2v) is 6.80. The second kappa shape index (κ2) is 5.68. The number of fused-ring (bicyclic) bond motifs is 1. The average Bonchev–Trinajstić information content (AvgIpc) is 2.36. The van der Waals surface area contributed by atoms with Crippen LogP contribution in [0, 0.1) is 5.92 Å². The predicted molar refractivity (Wildman–Crippen MR) is 72.9 cm³/mol. The molecule has 19 heavy (non-hydrogen) atoms. The molecule has 1 aliphatic heterocycles. The van der Waals surface area contributed by atoms with Crippen molar-refractivity contribution in [2.24, 2.45) is 5.92 Å². The molecule has 0 bridgehead atoms. The molecular weight excluding hydrogens is 244 g/mol. The quantitative estimate of drug-likeness (QED) is 0.857. The summed E-state index contributed by atoms with van der Waals surface area (Å²) < 4.78 is 18.1. The standard InChI is InChI=1S/C15H28O4/c1-14(2,3)19-13-9-11(10-16)18-15(17-4)8-6-5-7-12(13)15/h11-13,16H,5-10H2,1-4H3/t11-,12+,13+,15+/m1/s1. The first-order valence-corrected chi connectivity index (χ1v) is 7.42. The van der Waals surface area contributed by atoms with Gasteiger partial charge in [-0.25, -0.2) is 0 Å². The first kappa shape index (κ1) is 15.2. The summed E-state index contributed by atoms with van der Waals surface area (Å²) in [5, 5.41) is 9.47. The fraction of sp³-hybridized carbons (Fsp3) is 1.00. The van der Waals surface area contributed by atoms with E-state index in [2.05, 4.69) is 20.8 Å². The van der Waals surface area contributed by atoms with Crippen molar-refractivity contribution in [1.82, 2.24) is 0 Å². The second-order valence-electron chi connectivity index (χ2n) is 6.80. The van der Waals surface area contributed by atoms with Crippen molar-refractivity contribution in [1.29, 1.82) is 0 Å². The topological polar surface area (TPSA) is 47.9 Å². The van der Waals surface area contributed by atoms with Crippen LogP contribution >= 0.6 is 0 Å². The van der Waals surface area contributed by atoms with Gasteiger partial charge in [-0.1, -0.05) is 6.42 Å². The number of ether oxygens (including phenoxy) is 3. The Bertz CT molecular complexity index is 299. The molecule has 0 spiro atoms. The summed E-state index contributed by atoms with van der Waals surface area (Å²) in [7, 11) is 1.71. The fourth-order valence-electron chi connectivity index (χ4n) is 3.51. The maximum absolute atomic E-state index is 9.47. The van der Waals surface area contributed by atoms with Crippen molar-refractivity contribution in [2.75, 3.05) is 13.7 Å². The van der Waals surface area contributed by atoms with E-state index in [4.69, 9.17) is 14.2 Å². The van der Waals surface area contributed by atoms with E-state index in [9.17, 15) is 5.11 Å². The highest BCUT2D eigenvalue weighted by molar-refractivity contribution is 4.95. The van der Waals surface area contributed by atoms with Gasteiger partial charge in [0.25, 0.3) is 0 Å². The highest BCUT2D eigenvalue weighted by Crippen LogP contribution is 2.46. The van der Waals surface area contributed by atoms with Crippen LogP contribution in [0.15, 0.2) is 0 Å². The molecule has 2 rings (SSSR count). The van der Waals surface area contributed by atoms with E-state index in [1.165, 1.54) is 6.42 Å². The molecule has 0 unspecified atom stereocenters. The number of aliphatic hydroxyl groups excluding tert-OH is 1. The Morgan fingerprint density at radius 3 is 2.63 bits per heavy atom. The number of hydrogen-bond donors (Lipinski definition) is 1. The van der Waals surface area contributed by atoms with Gasteiger partial charge in [0.2, 0.25) is 0 Å². The predicted octanol–water partition coefficient (Wildman–Crippen LogP) is 2.48. The van der Waals surface area contributed by atoms with Gasteiger partial charge in [-0.3, -0.25) is 0 Å². The molecule has 0 aromatic heterocycles. The molecule has 4 heteroatoms. The van der Waals surface area contributed by atoms with Crippen LogP contribution in [0.5, 0.6) is 0 Å². The molecular formula is C15H28O4. The first-order valence-electron chi connectivity index (χ1n) is 7.42. The molecule has 2 fully saturated rings. The third kappa shape index (κ3) is 3.30. The van der Waals surface area contributed by atoms with E-state index in [-0.39, 0.29) is 30.3 Å². The molecule has 1 N–H and O–H groups in total. The normalized spacial score (nSPS) is 39.9. The van der Waals surface area contributed by atoms with E-state index in [0.717, 1.165) is 25.7 Å². The third-order valence-corrected chi connectivity index (χ3v) is 4.22. The van der Waals surface area contributed by atoms with E-state index in [1.54, 1.807) is 7.11 Å². The summed E-state index contributed by atoms with van der Waals surface area (Å²) in [4.78, 5) is 0. The minimum absolute atomic E-state index is 0.0296. The summed E-state index contributed by atoms with van der Waals surface area (Å²) in [5.74, 6) is -0.284. The zero-order chi connectivity index (χ0) is 14.1. The molecule has 1 saturated carbocycles. The largest absolute Gasteiger partial charge is 0.394 e. The first-order chi connectivity index (χ1) is 8.90. The Kier molecular flexibility index (Phi) is 4.56. The average molecular weight is 272 g/mol. The summed E-state index contributed by atoms with van der Waals surface area (Å²) in [6.07, 6.45) is 4.97. The Labute approximate surface area is 116 Å². The Morgan fingerprint density at radius 1 is 1.32 bits per heavy atom. The molecule has 0 aromatic rings. The number of methoxy groups -OCH3 is 1. The van der Waals surface area contributed by atoms with Crippen molar-refractivity contribution >= 4 is 0 Å². The maximum Gasteiger partial charge on any atom is 0.173 e. The lowest BCUT2D eigenvalue weighted by molar-refractivity contribution is -0.341. The lowest BCUT2D eigenvalue weighted by atomic mass is 9.75. The van der Waals surface area contributed by atoms with E-state index in [1.807, 2.05) is 0 Å². The molecule has 1 heterocycles. The van der Waals surface area contributed by atoms with Gasteiger partial charge in [-0.05, 0) is 33.6 Å². The molecule has 0 aromatic carbocycles. The number of rotatable bonds is 3. The van der Waals surface area contributed by atoms with Crippen molar-refractivity contribution in [3.63, 3.8) is 0 Å². The van der Waals surface area contributed by atoms with Gasteiger partial charge >= 0.3 is 0 Å². The van der Waals surface area contributed by atoms with Crippen LogP contribution in [0.2, 0.25) is 0 Å². The van der Waals surface area contributed by atoms with Gasteiger partial charge in [0, 0.05) is 25.9 Å². The van der Waals surface area contributed by atoms with Crippen LogP contribution in [-0.2, 0) is 14.2 Å². The Morgan fingerprint density at radius 2 is 2.05 bits per heavy atom. The highest BCUT2D eigenvalue weighted by atomic mass is 16.7. The van der Waals surface area contributed by atoms with Gasteiger partial charge in [-0.15, -0.1) is 0 Å². The molecule has 4 nitrogen and oxygen atoms in total. The van der Waals surface area contributed by atoms with Crippen LogP contribution in [0.25, 0.3) is 0 Å². The smallest absolute Gasteiger partial charge is 0.173 e. The van der Waals surface area contributed by atoms with Crippen LogP contribution < -0.4 is 0 Å². The highest BCUT2D eigenvalue weighted by Gasteiger charge is 2.52. The molecule has 2 aliphatic rings. The van der Waals surface area contributed by atoms with Gasteiger partial charge in [0.1, 0.15) is 0 Å². The fourth-order valence-corrected chi connectivity index (χ4v) is 3.51. The van der Waals surface area contributed by atoms with Crippen LogP contribution in [-0.4, -0.2) is 42.4 Å². The van der Waals surface area contributed by atoms with Crippen molar-refractivity contribution < 1.29 is 19.3 Å². The molecule has 112 valence electrons. The van der Waals surface area contributed by atoms with Crippen LogP contribution in [0.1, 0.15) is 52.9 Å². The van der Waals surface area contributed by atoms with E-state index < -0.39 is 5.79 Å². The lowest BCUT2D eigenvalue weighted by Crippen LogP contribution is -2.58. The van der Waals surface area contributed by atoms with Crippen molar-refractivity contribution in [3.8, 4) is 0 Å². The SMILES string of the molecule is CO[C@]12CCCC[C@H]1[C@@H](OC(C)(C)C)C[C@H](CO)O2. The van der Waals surface area contributed by atoms with Gasteiger partial charge in [0.15, 0.2) is 5.79 Å². The van der Waals surface area contributed by atoms with E-state index >= 15 is 0 Å². The van der Waals surface area contributed by atoms with Gasteiger partial charge in [0.05, 0.1) is 24.4 Å². The maximum atomic E-state index is 9.47. The molecule has 4 atom stereocenters. The van der Waals surface area contributed by atoms with Crippen molar-refractivity contribution in [2.45, 2.75) is 76.5 Å². The third-order valence-electron chi connectivity index (χ3n) is 4.22. The zero-order valence-electron chi connectivity index (χ0n) is 12.6. The minimum atomic E-state index is -0.556. The Hall–Kier alpha value is -0.160. The molecule has 0 radical (unpaired) electrons. The molecule has 0 amide bonds. The molecule has 1 saturated heterocycles.